The van der Waals surface area contributed by atoms with Crippen LogP contribution in [0.25, 0.3) is 20.8 Å². The van der Waals surface area contributed by atoms with Crippen molar-refractivity contribution >= 4 is 33.1 Å². The molecule has 1 unspecified atom stereocenters. The Hall–Kier alpha value is -2.16. The summed E-state index contributed by atoms with van der Waals surface area (Å²) in [5.74, 6) is 0.841. The summed E-state index contributed by atoms with van der Waals surface area (Å²) in [5, 5.41) is 22.1. The van der Waals surface area contributed by atoms with Crippen LogP contribution in [-0.2, 0) is 4.74 Å². The molecule has 0 bridgehead atoms. The second-order valence-electron chi connectivity index (χ2n) is 9.99. The molecule has 4 heterocycles. The summed E-state index contributed by atoms with van der Waals surface area (Å²) in [6, 6.07) is 6.38. The van der Waals surface area contributed by atoms with Gasteiger partial charge in [-0.2, -0.15) is 5.10 Å². The van der Waals surface area contributed by atoms with Gasteiger partial charge in [-0.25, -0.2) is 9.67 Å². The third-order valence-electron chi connectivity index (χ3n) is 6.15. The number of aromatic nitrogens is 3. The minimum absolute atomic E-state index is 0.00345. The summed E-state index contributed by atoms with van der Waals surface area (Å²) in [5.41, 5.74) is 2.95. The Kier molecular flexibility index (Phi) is 5.86. The number of fused-ring (bicyclic) bond motifs is 1. The number of rotatable bonds is 5. The SMILES string of the molecule is CC(C)(C)Nc1cc(N[C@@H]2CCC[C@@H]2O)c2sc(-c3ccnn3C3CCCCO3)cc2n1. The quantitative estimate of drug-likeness (QED) is 0.478. The average molecular weight is 456 g/mol. The Balaban J connectivity index is 1.55. The minimum Gasteiger partial charge on any atom is -0.391 e. The van der Waals surface area contributed by atoms with Crippen LogP contribution in [0.5, 0.6) is 0 Å². The van der Waals surface area contributed by atoms with Gasteiger partial charge in [-0.1, -0.05) is 0 Å². The van der Waals surface area contributed by atoms with Crippen LogP contribution in [0.2, 0.25) is 0 Å². The Bertz CT molecular complexity index is 1080. The smallest absolute Gasteiger partial charge is 0.150 e. The maximum absolute atomic E-state index is 10.4. The summed E-state index contributed by atoms with van der Waals surface area (Å²) in [7, 11) is 0. The second-order valence-corrected chi connectivity index (χ2v) is 11.0. The van der Waals surface area contributed by atoms with Crippen molar-refractivity contribution in [1.82, 2.24) is 14.8 Å². The van der Waals surface area contributed by atoms with E-state index in [0.717, 1.165) is 77.4 Å². The van der Waals surface area contributed by atoms with Gasteiger partial charge in [-0.15, -0.1) is 11.3 Å². The van der Waals surface area contributed by atoms with Crippen molar-refractivity contribution in [1.29, 1.82) is 0 Å². The number of aliphatic hydroxyl groups excluding tert-OH is 1. The van der Waals surface area contributed by atoms with Gasteiger partial charge in [0.1, 0.15) is 5.82 Å². The summed E-state index contributed by atoms with van der Waals surface area (Å²) in [6.45, 7) is 7.19. The molecule has 2 fully saturated rings. The molecule has 1 aliphatic carbocycles. The van der Waals surface area contributed by atoms with Crippen molar-refractivity contribution in [3.8, 4) is 10.6 Å². The zero-order valence-electron chi connectivity index (χ0n) is 19.1. The van der Waals surface area contributed by atoms with Crippen LogP contribution in [0, 0.1) is 0 Å². The maximum Gasteiger partial charge on any atom is 0.150 e. The Labute approximate surface area is 193 Å². The molecule has 3 atom stereocenters. The fraction of sp³-hybridized carbons (Fsp3) is 0.583. The largest absolute Gasteiger partial charge is 0.391 e. The molecule has 32 heavy (non-hydrogen) atoms. The molecular formula is C24H33N5O2S. The number of hydrogen-bond acceptors (Lipinski definition) is 7. The third-order valence-corrected chi connectivity index (χ3v) is 7.33. The van der Waals surface area contributed by atoms with E-state index in [1.165, 1.54) is 0 Å². The number of aliphatic hydroxyl groups is 1. The lowest BCUT2D eigenvalue weighted by atomic mass is 10.1. The van der Waals surface area contributed by atoms with Crippen LogP contribution in [0.3, 0.4) is 0 Å². The first-order chi connectivity index (χ1) is 15.4. The number of thiophene rings is 1. The molecule has 0 amide bonds. The molecule has 2 aliphatic rings. The molecule has 3 aromatic rings. The molecule has 1 saturated carbocycles. The van der Waals surface area contributed by atoms with E-state index >= 15 is 0 Å². The molecule has 8 heteroatoms. The van der Waals surface area contributed by atoms with Gasteiger partial charge in [0, 0.05) is 24.4 Å². The summed E-state index contributed by atoms with van der Waals surface area (Å²) in [4.78, 5) is 6.05. The topological polar surface area (TPSA) is 84.2 Å². The van der Waals surface area contributed by atoms with Crippen molar-refractivity contribution < 1.29 is 9.84 Å². The van der Waals surface area contributed by atoms with Gasteiger partial charge < -0.3 is 20.5 Å². The molecular weight excluding hydrogens is 422 g/mol. The van der Waals surface area contributed by atoms with Crippen molar-refractivity contribution in [2.45, 2.75) is 83.2 Å². The molecule has 3 aromatic heterocycles. The number of hydrogen-bond donors (Lipinski definition) is 3. The normalized spacial score (nSPS) is 24.2. The molecule has 1 aliphatic heterocycles. The van der Waals surface area contributed by atoms with Gasteiger partial charge in [0.2, 0.25) is 0 Å². The maximum atomic E-state index is 10.4. The van der Waals surface area contributed by atoms with Crippen LogP contribution in [0.1, 0.15) is 65.5 Å². The highest BCUT2D eigenvalue weighted by atomic mass is 32.1. The summed E-state index contributed by atoms with van der Waals surface area (Å²) >= 11 is 1.72. The molecule has 0 radical (unpaired) electrons. The monoisotopic (exact) mass is 455 g/mol. The van der Waals surface area contributed by atoms with Crippen LogP contribution < -0.4 is 10.6 Å². The number of nitrogens with one attached hydrogen (secondary N) is 2. The highest BCUT2D eigenvalue weighted by molar-refractivity contribution is 7.22. The standard InChI is InChI=1S/C24H33N5O2S/c1-24(2,3)28-21-14-17(26-15-7-6-8-19(15)30)23-16(27-21)13-20(32-23)18-10-11-25-29(18)22-9-4-5-12-31-22/h10-11,13-15,19,22,30H,4-9,12H2,1-3H3,(H2,26,27,28)/t15-,19+,22?/m1/s1. The van der Waals surface area contributed by atoms with E-state index in [0.29, 0.717) is 0 Å². The van der Waals surface area contributed by atoms with Gasteiger partial charge in [0.25, 0.3) is 0 Å². The van der Waals surface area contributed by atoms with Crippen LogP contribution >= 0.6 is 11.3 Å². The molecule has 172 valence electrons. The molecule has 3 N–H and O–H groups in total. The van der Waals surface area contributed by atoms with E-state index in [1.54, 1.807) is 11.3 Å². The molecule has 7 nitrogen and oxygen atoms in total. The van der Waals surface area contributed by atoms with Gasteiger partial charge in [-0.3, -0.25) is 0 Å². The highest BCUT2D eigenvalue weighted by Crippen LogP contribution is 2.40. The predicted octanol–water partition coefficient (Wildman–Crippen LogP) is 5.39. The van der Waals surface area contributed by atoms with Crippen molar-refractivity contribution in [3.05, 3.63) is 24.4 Å². The average Bonchev–Trinajstić information content (AvgIpc) is 3.47. The lowest BCUT2D eigenvalue weighted by molar-refractivity contribution is -0.0383. The Morgan fingerprint density at radius 1 is 1.16 bits per heavy atom. The first-order valence-corrected chi connectivity index (χ1v) is 12.5. The molecule has 0 aromatic carbocycles. The van der Waals surface area contributed by atoms with Gasteiger partial charge in [0.15, 0.2) is 6.23 Å². The fourth-order valence-electron chi connectivity index (χ4n) is 4.67. The van der Waals surface area contributed by atoms with Gasteiger partial charge in [0.05, 0.1) is 38.6 Å². The van der Waals surface area contributed by atoms with Crippen LogP contribution in [-0.4, -0.2) is 44.2 Å². The number of ether oxygens (including phenoxy) is 1. The highest BCUT2D eigenvalue weighted by Gasteiger charge is 2.27. The van der Waals surface area contributed by atoms with E-state index in [1.807, 2.05) is 10.9 Å². The third kappa shape index (κ3) is 4.49. The number of nitrogens with zero attached hydrogens (tertiary/aromatic N) is 3. The molecule has 0 spiro atoms. The summed E-state index contributed by atoms with van der Waals surface area (Å²) < 4.78 is 9.12. The van der Waals surface area contributed by atoms with E-state index in [4.69, 9.17) is 9.72 Å². The lowest BCUT2D eigenvalue weighted by Crippen LogP contribution is -2.29. The lowest BCUT2D eigenvalue weighted by Gasteiger charge is -2.24. The summed E-state index contributed by atoms with van der Waals surface area (Å²) in [6.07, 6.45) is 7.71. The van der Waals surface area contributed by atoms with Gasteiger partial charge >= 0.3 is 0 Å². The first kappa shape index (κ1) is 21.7. The second kappa shape index (κ2) is 8.65. The van der Waals surface area contributed by atoms with E-state index in [9.17, 15) is 5.11 Å². The van der Waals surface area contributed by atoms with Crippen molar-refractivity contribution in [3.63, 3.8) is 0 Å². The Morgan fingerprint density at radius 2 is 2.03 bits per heavy atom. The van der Waals surface area contributed by atoms with E-state index in [-0.39, 0.29) is 23.9 Å². The van der Waals surface area contributed by atoms with Crippen molar-refractivity contribution in [2.24, 2.45) is 0 Å². The number of anilines is 2. The minimum atomic E-state index is -0.304. The zero-order chi connectivity index (χ0) is 22.3. The predicted molar refractivity (Wildman–Crippen MR) is 130 cm³/mol. The van der Waals surface area contributed by atoms with E-state index < -0.39 is 0 Å². The fourth-order valence-corrected chi connectivity index (χ4v) is 5.76. The van der Waals surface area contributed by atoms with E-state index in [2.05, 4.69) is 54.7 Å². The number of pyridine rings is 1. The van der Waals surface area contributed by atoms with Gasteiger partial charge in [-0.05, 0) is 71.4 Å². The Morgan fingerprint density at radius 3 is 2.75 bits per heavy atom. The first-order valence-electron chi connectivity index (χ1n) is 11.7. The zero-order valence-corrected chi connectivity index (χ0v) is 19.9. The van der Waals surface area contributed by atoms with Crippen LogP contribution in [0.15, 0.2) is 24.4 Å². The van der Waals surface area contributed by atoms with Crippen molar-refractivity contribution in [2.75, 3.05) is 17.2 Å². The van der Waals surface area contributed by atoms with Crippen LogP contribution in [0.4, 0.5) is 11.5 Å². The molecule has 1 saturated heterocycles. The molecule has 5 rings (SSSR count).